The fourth-order valence-electron chi connectivity index (χ4n) is 4.43. The van der Waals surface area contributed by atoms with Crippen molar-refractivity contribution < 1.29 is 0 Å². The summed E-state index contributed by atoms with van der Waals surface area (Å²) in [5.74, 6) is 0.811. The molecule has 0 radical (unpaired) electrons. The second-order valence-corrected chi connectivity index (χ2v) is 7.48. The molecule has 1 heterocycles. The molecule has 0 amide bonds. The van der Waals surface area contributed by atoms with Crippen LogP contribution in [-0.4, -0.2) is 18.0 Å². The summed E-state index contributed by atoms with van der Waals surface area (Å²) in [6.07, 6.45) is 2.52. The molecule has 0 atom stereocenters. The molecule has 4 rings (SSSR count). The van der Waals surface area contributed by atoms with E-state index in [-0.39, 0.29) is 5.54 Å². The second kappa shape index (κ2) is 9.71. The SMILES string of the molecule is CC.CC1CCN(C(c2ccccc2)(c2ccccc2)c2ccccc2)CC1. The lowest BCUT2D eigenvalue weighted by Gasteiger charge is -2.48. The largest absolute Gasteiger partial charge is 0.286 e. The lowest BCUT2D eigenvalue weighted by Crippen LogP contribution is -2.51. The Morgan fingerprint density at radius 3 is 1.25 bits per heavy atom. The highest BCUT2D eigenvalue weighted by molar-refractivity contribution is 5.49. The Hall–Kier alpha value is -2.38. The van der Waals surface area contributed by atoms with E-state index in [9.17, 15) is 0 Å². The van der Waals surface area contributed by atoms with Crippen molar-refractivity contribution in [2.45, 2.75) is 39.2 Å². The van der Waals surface area contributed by atoms with E-state index in [0.717, 1.165) is 19.0 Å². The normalized spacial score (nSPS) is 15.5. The molecule has 0 aliphatic carbocycles. The van der Waals surface area contributed by atoms with Crippen LogP contribution in [0.3, 0.4) is 0 Å². The first-order valence-corrected chi connectivity index (χ1v) is 10.7. The Balaban J connectivity index is 0.00000109. The summed E-state index contributed by atoms with van der Waals surface area (Å²) >= 11 is 0. The van der Waals surface area contributed by atoms with E-state index >= 15 is 0 Å². The molecular weight excluding hydrogens is 338 g/mol. The predicted octanol–water partition coefficient (Wildman–Crippen LogP) is 6.74. The van der Waals surface area contributed by atoms with E-state index in [4.69, 9.17) is 0 Å². The number of nitrogens with zero attached hydrogens (tertiary/aromatic N) is 1. The molecule has 0 spiro atoms. The Morgan fingerprint density at radius 2 is 0.929 bits per heavy atom. The molecule has 0 N–H and O–H groups in total. The molecule has 146 valence electrons. The fraction of sp³-hybridized carbons (Fsp3) is 0.333. The van der Waals surface area contributed by atoms with Gasteiger partial charge in [0.25, 0.3) is 0 Å². The lowest BCUT2D eigenvalue weighted by molar-refractivity contribution is 0.106. The monoisotopic (exact) mass is 371 g/mol. The van der Waals surface area contributed by atoms with Gasteiger partial charge in [-0.05, 0) is 48.5 Å². The molecule has 1 aliphatic heterocycles. The Labute approximate surface area is 171 Å². The van der Waals surface area contributed by atoms with Crippen LogP contribution in [0.2, 0.25) is 0 Å². The maximum absolute atomic E-state index is 2.70. The summed E-state index contributed by atoms with van der Waals surface area (Å²) in [6.45, 7) is 8.63. The maximum atomic E-state index is 2.70. The molecule has 28 heavy (non-hydrogen) atoms. The molecule has 1 fully saturated rings. The van der Waals surface area contributed by atoms with Crippen molar-refractivity contribution in [1.29, 1.82) is 0 Å². The number of benzene rings is 3. The summed E-state index contributed by atoms with van der Waals surface area (Å²) in [4.78, 5) is 2.70. The zero-order valence-corrected chi connectivity index (χ0v) is 17.5. The summed E-state index contributed by atoms with van der Waals surface area (Å²) < 4.78 is 0. The topological polar surface area (TPSA) is 3.24 Å². The van der Waals surface area contributed by atoms with Crippen LogP contribution in [-0.2, 0) is 5.54 Å². The van der Waals surface area contributed by atoms with Crippen molar-refractivity contribution in [2.24, 2.45) is 5.92 Å². The van der Waals surface area contributed by atoms with Crippen molar-refractivity contribution in [1.82, 2.24) is 4.90 Å². The molecule has 3 aromatic carbocycles. The van der Waals surface area contributed by atoms with Crippen molar-refractivity contribution in [3.8, 4) is 0 Å². The molecule has 1 aliphatic rings. The van der Waals surface area contributed by atoms with Gasteiger partial charge in [-0.3, -0.25) is 4.90 Å². The number of piperidine rings is 1. The van der Waals surface area contributed by atoms with Crippen LogP contribution < -0.4 is 0 Å². The highest BCUT2D eigenvalue weighted by Gasteiger charge is 2.42. The van der Waals surface area contributed by atoms with Crippen molar-refractivity contribution in [2.75, 3.05) is 13.1 Å². The van der Waals surface area contributed by atoms with Crippen molar-refractivity contribution in [3.05, 3.63) is 108 Å². The van der Waals surface area contributed by atoms with Crippen LogP contribution >= 0.6 is 0 Å². The van der Waals surface area contributed by atoms with Gasteiger partial charge in [0, 0.05) is 0 Å². The van der Waals surface area contributed by atoms with Gasteiger partial charge in [-0.2, -0.15) is 0 Å². The Bertz CT molecular complexity index is 706. The van der Waals surface area contributed by atoms with Crippen molar-refractivity contribution in [3.63, 3.8) is 0 Å². The van der Waals surface area contributed by atoms with Crippen LogP contribution in [0.4, 0.5) is 0 Å². The molecular formula is C27H33N. The van der Waals surface area contributed by atoms with Crippen LogP contribution in [0.5, 0.6) is 0 Å². The standard InChI is InChI=1S/C25H27N.C2H6/c1-21-17-19-26(20-18-21)25(22-11-5-2-6-12-22,23-13-7-3-8-14-23)24-15-9-4-10-16-24;1-2/h2-16,21H,17-20H2,1H3;1-2H3. The van der Waals surface area contributed by atoms with E-state index in [1.807, 2.05) is 13.8 Å². The molecule has 1 nitrogen and oxygen atoms in total. The first kappa shape index (κ1) is 20.4. The molecule has 0 aromatic heterocycles. The smallest absolute Gasteiger partial charge is 0.0972 e. The summed E-state index contributed by atoms with van der Waals surface area (Å²) in [5.41, 5.74) is 3.83. The van der Waals surface area contributed by atoms with Gasteiger partial charge >= 0.3 is 0 Å². The van der Waals surface area contributed by atoms with Gasteiger partial charge in [0.05, 0.1) is 5.54 Å². The summed E-state index contributed by atoms with van der Waals surface area (Å²) in [7, 11) is 0. The van der Waals surface area contributed by atoms with E-state index in [2.05, 4.69) is 103 Å². The minimum absolute atomic E-state index is 0.232. The van der Waals surface area contributed by atoms with Crippen LogP contribution in [0.25, 0.3) is 0 Å². The number of hydrogen-bond donors (Lipinski definition) is 0. The third-order valence-electron chi connectivity index (χ3n) is 5.83. The van der Waals surface area contributed by atoms with Gasteiger partial charge in [-0.1, -0.05) is 112 Å². The van der Waals surface area contributed by atoms with Gasteiger partial charge in [0.1, 0.15) is 0 Å². The predicted molar refractivity (Wildman–Crippen MR) is 121 cm³/mol. The molecule has 1 saturated heterocycles. The first-order chi connectivity index (χ1) is 13.8. The third kappa shape index (κ3) is 3.91. The quantitative estimate of drug-likeness (QED) is 0.459. The molecule has 1 heteroatoms. The fourth-order valence-corrected chi connectivity index (χ4v) is 4.43. The number of likely N-dealkylation sites (tertiary alicyclic amines) is 1. The minimum Gasteiger partial charge on any atom is -0.286 e. The molecule has 3 aromatic rings. The molecule has 0 saturated carbocycles. The zero-order valence-electron chi connectivity index (χ0n) is 17.5. The third-order valence-corrected chi connectivity index (χ3v) is 5.83. The minimum atomic E-state index is -0.232. The molecule has 0 bridgehead atoms. The van der Waals surface area contributed by atoms with Gasteiger partial charge in [0.15, 0.2) is 0 Å². The van der Waals surface area contributed by atoms with Gasteiger partial charge < -0.3 is 0 Å². The Morgan fingerprint density at radius 1 is 0.607 bits per heavy atom. The van der Waals surface area contributed by atoms with Crippen LogP contribution in [0, 0.1) is 5.92 Å². The maximum Gasteiger partial charge on any atom is 0.0972 e. The van der Waals surface area contributed by atoms with Gasteiger partial charge in [-0.15, -0.1) is 0 Å². The average molecular weight is 372 g/mol. The highest BCUT2D eigenvalue weighted by atomic mass is 15.2. The first-order valence-electron chi connectivity index (χ1n) is 10.7. The zero-order chi connectivity index (χ0) is 19.8. The number of rotatable bonds is 4. The van der Waals surface area contributed by atoms with E-state index in [1.54, 1.807) is 0 Å². The lowest BCUT2D eigenvalue weighted by atomic mass is 9.74. The summed E-state index contributed by atoms with van der Waals surface area (Å²) in [5, 5.41) is 0. The van der Waals surface area contributed by atoms with Crippen LogP contribution in [0.15, 0.2) is 91.0 Å². The van der Waals surface area contributed by atoms with Crippen LogP contribution in [0.1, 0.15) is 50.3 Å². The van der Waals surface area contributed by atoms with E-state index in [1.165, 1.54) is 29.5 Å². The van der Waals surface area contributed by atoms with Crippen molar-refractivity contribution >= 4 is 0 Å². The highest BCUT2D eigenvalue weighted by Crippen LogP contribution is 2.43. The average Bonchev–Trinajstić information content (AvgIpc) is 2.79. The van der Waals surface area contributed by atoms with Gasteiger partial charge in [-0.25, -0.2) is 0 Å². The number of hydrogen-bond acceptors (Lipinski definition) is 1. The second-order valence-electron chi connectivity index (χ2n) is 7.48. The Kier molecular flexibility index (Phi) is 7.06. The van der Waals surface area contributed by atoms with E-state index in [0.29, 0.717) is 0 Å². The summed E-state index contributed by atoms with van der Waals surface area (Å²) in [6, 6.07) is 33.1. The van der Waals surface area contributed by atoms with E-state index < -0.39 is 0 Å². The molecule has 0 unspecified atom stereocenters. The van der Waals surface area contributed by atoms with Gasteiger partial charge in [0.2, 0.25) is 0 Å².